The quantitative estimate of drug-likeness (QED) is 0.464. The number of aromatic nitrogens is 2. The summed E-state index contributed by atoms with van der Waals surface area (Å²) in [5.41, 5.74) is 4.81. The third-order valence-electron chi connectivity index (χ3n) is 3.95. The summed E-state index contributed by atoms with van der Waals surface area (Å²) in [5, 5.41) is 11.7. The molecular formula is C20H17Cl2N5O2. The topological polar surface area (TPSA) is 88.4 Å². The average molecular weight is 430 g/mol. The summed E-state index contributed by atoms with van der Waals surface area (Å²) in [6.07, 6.45) is 1.42. The van der Waals surface area contributed by atoms with Crippen LogP contribution in [0.25, 0.3) is 5.69 Å². The van der Waals surface area contributed by atoms with Crippen LogP contribution in [0, 0.1) is 6.92 Å². The molecule has 0 spiro atoms. The van der Waals surface area contributed by atoms with E-state index < -0.39 is 5.91 Å². The maximum absolute atomic E-state index is 12.0. The number of aryl methyl sites for hydroxylation is 1. The third-order valence-corrected chi connectivity index (χ3v) is 4.56. The number of nitrogens with zero attached hydrogens (tertiary/aromatic N) is 3. The number of benzene rings is 2. The van der Waals surface area contributed by atoms with Crippen molar-refractivity contribution in [2.24, 2.45) is 5.10 Å². The number of carbonyl (C=O) groups excluding carboxylic acids is 2. The number of para-hydroxylation sites is 1. The van der Waals surface area contributed by atoms with E-state index in [1.807, 2.05) is 30.3 Å². The van der Waals surface area contributed by atoms with Crippen molar-refractivity contribution in [3.05, 3.63) is 81.6 Å². The van der Waals surface area contributed by atoms with Crippen molar-refractivity contribution >= 4 is 41.2 Å². The Morgan fingerprint density at radius 2 is 1.79 bits per heavy atom. The van der Waals surface area contributed by atoms with E-state index in [4.69, 9.17) is 23.2 Å². The number of hydrazone groups is 1. The average Bonchev–Trinajstić information content (AvgIpc) is 3.01. The van der Waals surface area contributed by atoms with Crippen LogP contribution in [0.5, 0.6) is 0 Å². The molecule has 0 saturated carbocycles. The number of rotatable bonds is 6. The Labute approximate surface area is 177 Å². The van der Waals surface area contributed by atoms with E-state index in [-0.39, 0.29) is 12.5 Å². The second kappa shape index (κ2) is 9.36. The number of carbonyl (C=O) groups is 2. The van der Waals surface area contributed by atoms with Crippen LogP contribution in [0.1, 0.15) is 21.6 Å². The Bertz CT molecular complexity index is 1050. The van der Waals surface area contributed by atoms with Crippen LogP contribution in [0.4, 0.5) is 0 Å². The number of hydrogen-bond donors (Lipinski definition) is 2. The molecule has 1 aromatic heterocycles. The van der Waals surface area contributed by atoms with Crippen molar-refractivity contribution in [1.29, 1.82) is 0 Å². The van der Waals surface area contributed by atoms with Gasteiger partial charge in [0.05, 0.1) is 29.7 Å². The van der Waals surface area contributed by atoms with E-state index in [1.165, 1.54) is 6.21 Å². The highest BCUT2D eigenvalue weighted by atomic mass is 35.5. The van der Waals surface area contributed by atoms with Gasteiger partial charge in [0.2, 0.25) is 0 Å². The van der Waals surface area contributed by atoms with E-state index in [9.17, 15) is 9.59 Å². The summed E-state index contributed by atoms with van der Waals surface area (Å²) in [6, 6.07) is 15.8. The molecule has 3 rings (SSSR count). The van der Waals surface area contributed by atoms with Crippen LogP contribution in [-0.2, 0) is 4.79 Å². The lowest BCUT2D eigenvalue weighted by Crippen LogP contribution is -2.34. The van der Waals surface area contributed by atoms with Crippen molar-refractivity contribution in [2.75, 3.05) is 6.54 Å². The van der Waals surface area contributed by atoms with Crippen molar-refractivity contribution in [2.45, 2.75) is 6.92 Å². The van der Waals surface area contributed by atoms with Gasteiger partial charge in [-0.1, -0.05) is 41.4 Å². The molecule has 2 amide bonds. The Balaban J connectivity index is 1.57. The molecule has 0 bridgehead atoms. The van der Waals surface area contributed by atoms with Gasteiger partial charge in [0.25, 0.3) is 11.8 Å². The lowest BCUT2D eigenvalue weighted by Gasteiger charge is -2.04. The molecule has 1 heterocycles. The Morgan fingerprint density at radius 3 is 2.48 bits per heavy atom. The number of hydrogen-bond acceptors (Lipinski definition) is 4. The molecule has 148 valence electrons. The van der Waals surface area contributed by atoms with Gasteiger partial charge in [-0.2, -0.15) is 10.2 Å². The monoisotopic (exact) mass is 429 g/mol. The van der Waals surface area contributed by atoms with Gasteiger partial charge in [-0.25, -0.2) is 10.1 Å². The predicted molar refractivity (Wildman–Crippen MR) is 113 cm³/mol. The maximum atomic E-state index is 12.0. The van der Waals surface area contributed by atoms with Crippen LogP contribution >= 0.6 is 23.2 Å². The highest BCUT2D eigenvalue weighted by Crippen LogP contribution is 2.21. The Hall–Kier alpha value is -3.16. The van der Waals surface area contributed by atoms with Gasteiger partial charge in [-0.15, -0.1) is 0 Å². The maximum Gasteiger partial charge on any atom is 0.259 e. The molecule has 2 aromatic carbocycles. The highest BCUT2D eigenvalue weighted by Gasteiger charge is 2.13. The van der Waals surface area contributed by atoms with Gasteiger partial charge >= 0.3 is 0 Å². The molecule has 3 aromatic rings. The molecule has 0 radical (unpaired) electrons. The van der Waals surface area contributed by atoms with Gasteiger partial charge in [-0.05, 0) is 43.3 Å². The molecule has 0 aliphatic heterocycles. The normalized spacial score (nSPS) is 10.9. The Kier molecular flexibility index (Phi) is 6.64. The molecule has 0 unspecified atom stereocenters. The molecule has 29 heavy (non-hydrogen) atoms. The lowest BCUT2D eigenvalue weighted by atomic mass is 10.2. The fourth-order valence-electron chi connectivity index (χ4n) is 2.47. The lowest BCUT2D eigenvalue weighted by molar-refractivity contribution is -0.120. The third kappa shape index (κ3) is 5.22. The van der Waals surface area contributed by atoms with Crippen LogP contribution in [0.15, 0.2) is 59.7 Å². The van der Waals surface area contributed by atoms with Crippen molar-refractivity contribution in [1.82, 2.24) is 20.5 Å². The summed E-state index contributed by atoms with van der Waals surface area (Å²) in [6.45, 7) is 1.57. The van der Waals surface area contributed by atoms with E-state index in [2.05, 4.69) is 20.9 Å². The van der Waals surface area contributed by atoms with Gasteiger partial charge < -0.3 is 5.32 Å². The largest absolute Gasteiger partial charge is 0.343 e. The van der Waals surface area contributed by atoms with Crippen molar-refractivity contribution in [3.8, 4) is 5.69 Å². The predicted octanol–water partition coefficient (Wildman–Crippen LogP) is 3.37. The standard InChI is InChI=1S/C20H17Cl2N5O2/c1-13-17(19(22)27(26-13)16-5-3-2-4-6-16)11-24-25-18(28)12-23-20(29)14-7-9-15(21)10-8-14/h2-11H,12H2,1H3,(H,23,29)(H,25,28)/b24-11-. The Morgan fingerprint density at radius 1 is 1.10 bits per heavy atom. The minimum atomic E-state index is -0.479. The van der Waals surface area contributed by atoms with Crippen LogP contribution < -0.4 is 10.7 Å². The number of halogens is 2. The van der Waals surface area contributed by atoms with Crippen LogP contribution in [0.2, 0.25) is 10.2 Å². The van der Waals surface area contributed by atoms with Crippen molar-refractivity contribution < 1.29 is 9.59 Å². The number of nitrogens with one attached hydrogen (secondary N) is 2. The zero-order valence-electron chi connectivity index (χ0n) is 15.4. The summed E-state index contributed by atoms with van der Waals surface area (Å²) >= 11 is 12.2. The van der Waals surface area contributed by atoms with Gasteiger partial charge in [-0.3, -0.25) is 9.59 Å². The van der Waals surface area contributed by atoms with Gasteiger partial charge in [0.15, 0.2) is 0 Å². The first-order valence-corrected chi connectivity index (χ1v) is 9.37. The molecule has 0 fully saturated rings. The smallest absolute Gasteiger partial charge is 0.259 e. The first kappa shape index (κ1) is 20.6. The molecule has 7 nitrogen and oxygen atoms in total. The highest BCUT2D eigenvalue weighted by molar-refractivity contribution is 6.32. The SMILES string of the molecule is Cc1nn(-c2ccccc2)c(Cl)c1/C=N\NC(=O)CNC(=O)c1ccc(Cl)cc1. The summed E-state index contributed by atoms with van der Waals surface area (Å²) in [4.78, 5) is 23.9. The van der Waals surface area contributed by atoms with Crippen LogP contribution in [0.3, 0.4) is 0 Å². The van der Waals surface area contributed by atoms with E-state index in [0.29, 0.717) is 27.0 Å². The molecular weight excluding hydrogens is 413 g/mol. The molecule has 9 heteroatoms. The van der Waals surface area contributed by atoms with E-state index in [0.717, 1.165) is 5.69 Å². The van der Waals surface area contributed by atoms with E-state index in [1.54, 1.807) is 35.9 Å². The summed E-state index contributed by atoms with van der Waals surface area (Å²) in [7, 11) is 0. The molecule has 2 N–H and O–H groups in total. The van der Waals surface area contributed by atoms with Gasteiger partial charge in [0.1, 0.15) is 5.15 Å². The second-order valence-corrected chi connectivity index (χ2v) is 6.81. The van der Waals surface area contributed by atoms with Crippen LogP contribution in [-0.4, -0.2) is 34.4 Å². The summed E-state index contributed by atoms with van der Waals surface area (Å²) in [5.74, 6) is -0.864. The zero-order valence-corrected chi connectivity index (χ0v) is 16.9. The molecule has 0 aliphatic carbocycles. The minimum Gasteiger partial charge on any atom is -0.343 e. The molecule has 0 atom stereocenters. The minimum absolute atomic E-state index is 0.227. The van der Waals surface area contributed by atoms with E-state index >= 15 is 0 Å². The van der Waals surface area contributed by atoms with Gasteiger partial charge in [0, 0.05) is 10.6 Å². The molecule has 0 saturated heterocycles. The first-order chi connectivity index (χ1) is 14.0. The number of amides is 2. The second-order valence-electron chi connectivity index (χ2n) is 6.02. The fraction of sp³-hybridized carbons (Fsp3) is 0.100. The molecule has 0 aliphatic rings. The van der Waals surface area contributed by atoms with Crippen molar-refractivity contribution in [3.63, 3.8) is 0 Å². The summed E-state index contributed by atoms with van der Waals surface area (Å²) < 4.78 is 1.59. The fourth-order valence-corrected chi connectivity index (χ4v) is 2.92. The zero-order chi connectivity index (χ0) is 20.8. The first-order valence-electron chi connectivity index (χ1n) is 8.62.